The van der Waals surface area contributed by atoms with Crippen LogP contribution < -0.4 is 5.73 Å². The number of ether oxygens (including phenoxy) is 1. The summed E-state index contributed by atoms with van der Waals surface area (Å²) in [6.07, 6.45) is -0.840. The monoisotopic (exact) mass is 145 g/mol. The molecule has 0 aromatic rings. The Morgan fingerprint density at radius 2 is 1.90 bits per heavy atom. The summed E-state index contributed by atoms with van der Waals surface area (Å²) in [7, 11) is 0. The molecule has 0 saturated heterocycles. The topological polar surface area (TPSA) is 52.3 Å². The zero-order valence-corrected chi connectivity index (χ0v) is 6.97. The molecule has 3 nitrogen and oxygen atoms in total. The minimum absolute atomic E-state index is 0.0327. The smallest absolute Gasteiger partial charge is 0.404 e. The molecular weight excluding hydrogens is 130 g/mol. The van der Waals surface area contributed by atoms with E-state index in [0.717, 1.165) is 0 Å². The predicted molar refractivity (Wildman–Crippen MR) is 39.6 cm³/mol. The molecule has 1 amide bonds. The van der Waals surface area contributed by atoms with Crippen LogP contribution in [0.15, 0.2) is 0 Å². The SMILES string of the molecule is C[C@@H](OC(N)=O)C(C)(C)C. The van der Waals surface area contributed by atoms with Crippen molar-refractivity contribution in [2.45, 2.75) is 33.8 Å². The summed E-state index contributed by atoms with van der Waals surface area (Å²) in [5.74, 6) is 0. The molecule has 0 radical (unpaired) electrons. The van der Waals surface area contributed by atoms with Crippen molar-refractivity contribution in [2.24, 2.45) is 11.1 Å². The van der Waals surface area contributed by atoms with E-state index >= 15 is 0 Å². The minimum Gasteiger partial charge on any atom is -0.446 e. The number of primary amides is 1. The van der Waals surface area contributed by atoms with Crippen molar-refractivity contribution in [1.82, 2.24) is 0 Å². The Labute approximate surface area is 61.5 Å². The lowest BCUT2D eigenvalue weighted by Crippen LogP contribution is -2.30. The predicted octanol–water partition coefficient (Wildman–Crippen LogP) is 1.52. The van der Waals surface area contributed by atoms with Crippen LogP contribution in [0.2, 0.25) is 0 Å². The number of carbonyl (C=O) groups excluding carboxylic acids is 1. The van der Waals surface area contributed by atoms with Crippen LogP contribution in [0.5, 0.6) is 0 Å². The first kappa shape index (κ1) is 9.27. The zero-order chi connectivity index (χ0) is 8.36. The molecule has 0 saturated carbocycles. The normalized spacial score (nSPS) is 14.4. The zero-order valence-electron chi connectivity index (χ0n) is 6.97. The summed E-state index contributed by atoms with van der Waals surface area (Å²) in [5.41, 5.74) is 4.80. The fourth-order valence-electron chi connectivity index (χ4n) is 0.351. The van der Waals surface area contributed by atoms with Gasteiger partial charge in [-0.05, 0) is 12.3 Å². The Kier molecular flexibility index (Phi) is 2.69. The van der Waals surface area contributed by atoms with Crippen LogP contribution in [0.1, 0.15) is 27.7 Å². The third-order valence-corrected chi connectivity index (χ3v) is 1.51. The van der Waals surface area contributed by atoms with E-state index in [-0.39, 0.29) is 11.5 Å². The molecule has 0 heterocycles. The van der Waals surface area contributed by atoms with E-state index in [1.165, 1.54) is 0 Å². The van der Waals surface area contributed by atoms with Gasteiger partial charge in [0.1, 0.15) is 6.10 Å². The Bertz CT molecular complexity index is 126. The molecule has 0 aliphatic rings. The highest BCUT2D eigenvalue weighted by atomic mass is 16.6. The highest BCUT2D eigenvalue weighted by molar-refractivity contribution is 5.64. The molecule has 0 unspecified atom stereocenters. The first-order valence-corrected chi connectivity index (χ1v) is 3.30. The highest BCUT2D eigenvalue weighted by Gasteiger charge is 2.22. The molecule has 0 rings (SSSR count). The van der Waals surface area contributed by atoms with E-state index in [1.54, 1.807) is 0 Å². The number of carbonyl (C=O) groups is 1. The third kappa shape index (κ3) is 3.33. The maximum Gasteiger partial charge on any atom is 0.404 e. The van der Waals surface area contributed by atoms with Crippen molar-refractivity contribution in [3.05, 3.63) is 0 Å². The maximum absolute atomic E-state index is 10.3. The van der Waals surface area contributed by atoms with Crippen molar-refractivity contribution >= 4 is 6.09 Å². The second-order valence-corrected chi connectivity index (χ2v) is 3.45. The van der Waals surface area contributed by atoms with Crippen molar-refractivity contribution in [1.29, 1.82) is 0 Å². The summed E-state index contributed by atoms with van der Waals surface area (Å²) >= 11 is 0. The first-order chi connectivity index (χ1) is 4.34. The van der Waals surface area contributed by atoms with Crippen LogP contribution in [0.3, 0.4) is 0 Å². The van der Waals surface area contributed by atoms with Crippen LogP contribution in [0.4, 0.5) is 4.79 Å². The second-order valence-electron chi connectivity index (χ2n) is 3.45. The highest BCUT2D eigenvalue weighted by Crippen LogP contribution is 2.21. The van der Waals surface area contributed by atoms with Gasteiger partial charge in [-0.2, -0.15) is 0 Å². The molecule has 0 aliphatic carbocycles. The van der Waals surface area contributed by atoms with E-state index in [9.17, 15) is 4.79 Å². The number of rotatable bonds is 1. The fraction of sp³-hybridized carbons (Fsp3) is 0.857. The van der Waals surface area contributed by atoms with Crippen LogP contribution in [0, 0.1) is 5.41 Å². The van der Waals surface area contributed by atoms with E-state index in [1.807, 2.05) is 27.7 Å². The number of nitrogens with two attached hydrogens (primary N) is 1. The summed E-state index contributed by atoms with van der Waals surface area (Å²) in [4.78, 5) is 10.3. The molecule has 0 aromatic heterocycles. The summed E-state index contributed by atoms with van der Waals surface area (Å²) in [5, 5.41) is 0. The second kappa shape index (κ2) is 2.90. The molecule has 3 heteroatoms. The van der Waals surface area contributed by atoms with Gasteiger partial charge >= 0.3 is 6.09 Å². The van der Waals surface area contributed by atoms with Gasteiger partial charge in [0.25, 0.3) is 0 Å². The van der Waals surface area contributed by atoms with Gasteiger partial charge in [-0.1, -0.05) is 20.8 Å². The van der Waals surface area contributed by atoms with Gasteiger partial charge in [0.15, 0.2) is 0 Å². The molecular formula is C7H15NO2. The summed E-state index contributed by atoms with van der Waals surface area (Å²) < 4.78 is 4.75. The van der Waals surface area contributed by atoms with Crippen molar-refractivity contribution < 1.29 is 9.53 Å². The molecule has 0 spiro atoms. The number of hydrogen-bond donors (Lipinski definition) is 1. The first-order valence-electron chi connectivity index (χ1n) is 3.30. The van der Waals surface area contributed by atoms with Crippen LogP contribution in [-0.4, -0.2) is 12.2 Å². The van der Waals surface area contributed by atoms with Gasteiger partial charge < -0.3 is 10.5 Å². The standard InChI is InChI=1S/C7H15NO2/c1-5(7(2,3)4)10-6(8)9/h5H,1-4H3,(H2,8,9)/t5-/m1/s1. The average molecular weight is 145 g/mol. The van der Waals surface area contributed by atoms with E-state index in [2.05, 4.69) is 0 Å². The molecule has 1 atom stereocenters. The van der Waals surface area contributed by atoms with Crippen molar-refractivity contribution in [3.8, 4) is 0 Å². The summed E-state index contributed by atoms with van der Waals surface area (Å²) in [6, 6.07) is 0. The lowest BCUT2D eigenvalue weighted by atomic mass is 9.90. The lowest BCUT2D eigenvalue weighted by molar-refractivity contribution is 0.0498. The number of amides is 1. The van der Waals surface area contributed by atoms with Gasteiger partial charge in [-0.25, -0.2) is 4.79 Å². The molecule has 60 valence electrons. The summed E-state index contributed by atoms with van der Waals surface area (Å²) in [6.45, 7) is 7.78. The molecule has 0 fully saturated rings. The minimum atomic E-state index is -0.706. The van der Waals surface area contributed by atoms with Gasteiger partial charge in [0.05, 0.1) is 0 Å². The van der Waals surface area contributed by atoms with Gasteiger partial charge in [-0.3, -0.25) is 0 Å². The molecule has 2 N–H and O–H groups in total. The molecule has 0 aliphatic heterocycles. The fourth-order valence-corrected chi connectivity index (χ4v) is 0.351. The Morgan fingerprint density at radius 3 is 2.00 bits per heavy atom. The van der Waals surface area contributed by atoms with Gasteiger partial charge in [0.2, 0.25) is 0 Å². The Balaban J connectivity index is 3.85. The average Bonchev–Trinajstić information content (AvgIpc) is 1.60. The van der Waals surface area contributed by atoms with Crippen molar-refractivity contribution in [2.75, 3.05) is 0 Å². The van der Waals surface area contributed by atoms with Gasteiger partial charge in [-0.15, -0.1) is 0 Å². The van der Waals surface area contributed by atoms with E-state index in [4.69, 9.17) is 10.5 Å². The lowest BCUT2D eigenvalue weighted by Gasteiger charge is -2.25. The molecule has 0 bridgehead atoms. The Morgan fingerprint density at radius 1 is 1.50 bits per heavy atom. The van der Waals surface area contributed by atoms with Crippen LogP contribution in [0.25, 0.3) is 0 Å². The number of hydrogen-bond acceptors (Lipinski definition) is 2. The van der Waals surface area contributed by atoms with Crippen LogP contribution in [-0.2, 0) is 4.74 Å². The van der Waals surface area contributed by atoms with E-state index < -0.39 is 6.09 Å². The molecule has 0 aromatic carbocycles. The van der Waals surface area contributed by atoms with E-state index in [0.29, 0.717) is 0 Å². The Hall–Kier alpha value is -0.730. The van der Waals surface area contributed by atoms with Crippen LogP contribution >= 0.6 is 0 Å². The largest absolute Gasteiger partial charge is 0.446 e. The third-order valence-electron chi connectivity index (χ3n) is 1.51. The maximum atomic E-state index is 10.3. The van der Waals surface area contributed by atoms with Crippen molar-refractivity contribution in [3.63, 3.8) is 0 Å². The van der Waals surface area contributed by atoms with Gasteiger partial charge in [0, 0.05) is 0 Å². The quantitative estimate of drug-likeness (QED) is 0.608. The molecule has 10 heavy (non-hydrogen) atoms.